The fraction of sp³-hybridized carbons (Fsp3) is 0.833. The van der Waals surface area contributed by atoms with Gasteiger partial charge in [0.1, 0.15) is 0 Å². The lowest BCUT2D eigenvalue weighted by atomic mass is 10.3. The van der Waals surface area contributed by atoms with Crippen molar-refractivity contribution in [2.75, 3.05) is 13.1 Å². The highest BCUT2D eigenvalue weighted by Gasteiger charge is 2.20. The number of nitrogens with two attached hydrogens (primary N) is 1. The lowest BCUT2D eigenvalue weighted by Crippen LogP contribution is -2.29. The van der Waals surface area contributed by atoms with Crippen molar-refractivity contribution in [2.45, 2.75) is 19.4 Å². The zero-order chi connectivity index (χ0) is 6.85. The first-order chi connectivity index (χ1) is 4.20. The van der Waals surface area contributed by atoms with Crippen LogP contribution in [0.2, 0.25) is 0 Å². The second-order valence-corrected chi connectivity index (χ2v) is 2.51. The van der Waals surface area contributed by atoms with Crippen molar-refractivity contribution >= 4 is 5.91 Å². The molecule has 52 valence electrons. The third-order valence-electron chi connectivity index (χ3n) is 1.67. The van der Waals surface area contributed by atoms with Gasteiger partial charge >= 0.3 is 0 Å². The smallest absolute Gasteiger partial charge is 0.219 e. The molecule has 1 saturated heterocycles. The molecule has 9 heavy (non-hydrogen) atoms. The highest BCUT2D eigenvalue weighted by molar-refractivity contribution is 5.73. The van der Waals surface area contributed by atoms with Crippen molar-refractivity contribution in [1.82, 2.24) is 4.90 Å². The summed E-state index contributed by atoms with van der Waals surface area (Å²) in [4.78, 5) is 12.4. The van der Waals surface area contributed by atoms with Gasteiger partial charge in [-0.15, -0.1) is 0 Å². The van der Waals surface area contributed by atoms with E-state index in [1.54, 1.807) is 11.8 Å². The van der Waals surface area contributed by atoms with Crippen molar-refractivity contribution in [2.24, 2.45) is 5.73 Å². The molecule has 2 N–H and O–H groups in total. The summed E-state index contributed by atoms with van der Waals surface area (Å²) in [6.07, 6.45) is 0.958. The predicted octanol–water partition coefficient (Wildman–Crippen LogP) is -0.434. The first-order valence-electron chi connectivity index (χ1n) is 3.21. The monoisotopic (exact) mass is 128 g/mol. The molecular weight excluding hydrogens is 116 g/mol. The average Bonchev–Trinajstić information content (AvgIpc) is 2.14. The van der Waals surface area contributed by atoms with Gasteiger partial charge in [0.2, 0.25) is 5.91 Å². The van der Waals surface area contributed by atoms with E-state index in [9.17, 15) is 4.79 Å². The number of nitrogens with zero attached hydrogens (tertiary/aromatic N) is 1. The molecule has 3 nitrogen and oxygen atoms in total. The molecule has 0 aromatic rings. The molecule has 1 amide bonds. The molecule has 3 heteroatoms. The lowest BCUT2D eigenvalue weighted by molar-refractivity contribution is -0.127. The van der Waals surface area contributed by atoms with E-state index in [2.05, 4.69) is 0 Å². The quantitative estimate of drug-likeness (QED) is 0.481. The third kappa shape index (κ3) is 1.42. The fourth-order valence-electron chi connectivity index (χ4n) is 1.07. The molecule has 0 aliphatic carbocycles. The zero-order valence-corrected chi connectivity index (χ0v) is 5.63. The topological polar surface area (TPSA) is 46.3 Å². The summed E-state index contributed by atoms with van der Waals surface area (Å²) in [6.45, 7) is 3.17. The number of hydrogen-bond donors (Lipinski definition) is 1. The molecule has 1 fully saturated rings. The summed E-state index contributed by atoms with van der Waals surface area (Å²) in [5.41, 5.74) is 5.57. The van der Waals surface area contributed by atoms with E-state index < -0.39 is 0 Å². The summed E-state index contributed by atoms with van der Waals surface area (Å²) in [7, 11) is 0. The molecule has 0 aromatic carbocycles. The maximum absolute atomic E-state index is 10.7. The summed E-state index contributed by atoms with van der Waals surface area (Å²) in [5.74, 6) is 0.142. The average molecular weight is 128 g/mol. The van der Waals surface area contributed by atoms with E-state index in [1.165, 1.54) is 0 Å². The molecule has 0 aromatic heterocycles. The summed E-state index contributed by atoms with van der Waals surface area (Å²) in [5, 5.41) is 0. The first kappa shape index (κ1) is 6.55. The van der Waals surface area contributed by atoms with Gasteiger partial charge in [-0.3, -0.25) is 4.79 Å². The molecule has 0 radical (unpaired) electrons. The van der Waals surface area contributed by atoms with Crippen LogP contribution in [0, 0.1) is 0 Å². The van der Waals surface area contributed by atoms with Crippen molar-refractivity contribution < 1.29 is 4.79 Å². The Morgan fingerprint density at radius 1 is 1.78 bits per heavy atom. The van der Waals surface area contributed by atoms with Crippen LogP contribution in [0.3, 0.4) is 0 Å². The van der Waals surface area contributed by atoms with Gasteiger partial charge in [0.25, 0.3) is 0 Å². The van der Waals surface area contributed by atoms with Gasteiger partial charge < -0.3 is 10.6 Å². The third-order valence-corrected chi connectivity index (χ3v) is 1.67. The van der Waals surface area contributed by atoms with Gasteiger partial charge in [0.15, 0.2) is 0 Å². The maximum atomic E-state index is 10.7. The number of hydrogen-bond acceptors (Lipinski definition) is 2. The van der Waals surface area contributed by atoms with Gasteiger partial charge in [-0.25, -0.2) is 0 Å². The Kier molecular flexibility index (Phi) is 1.71. The van der Waals surface area contributed by atoms with Crippen molar-refractivity contribution in [3.05, 3.63) is 0 Å². The molecule has 0 saturated carbocycles. The van der Waals surface area contributed by atoms with Crippen LogP contribution in [0.5, 0.6) is 0 Å². The minimum atomic E-state index is 0.142. The highest BCUT2D eigenvalue weighted by Crippen LogP contribution is 2.05. The van der Waals surface area contributed by atoms with E-state index in [0.29, 0.717) is 0 Å². The van der Waals surface area contributed by atoms with Gasteiger partial charge in [0, 0.05) is 26.1 Å². The Hall–Kier alpha value is -0.570. The Morgan fingerprint density at radius 2 is 2.44 bits per heavy atom. The van der Waals surface area contributed by atoms with Crippen molar-refractivity contribution in [1.29, 1.82) is 0 Å². The van der Waals surface area contributed by atoms with Crippen LogP contribution in [0.25, 0.3) is 0 Å². The summed E-state index contributed by atoms with van der Waals surface area (Å²) in [6, 6.07) is 0.217. The first-order valence-corrected chi connectivity index (χ1v) is 3.21. The van der Waals surface area contributed by atoms with Crippen LogP contribution in [0.1, 0.15) is 13.3 Å². The lowest BCUT2D eigenvalue weighted by Gasteiger charge is -2.11. The fourth-order valence-corrected chi connectivity index (χ4v) is 1.07. The molecule has 0 unspecified atom stereocenters. The maximum Gasteiger partial charge on any atom is 0.219 e. The number of amides is 1. The predicted molar refractivity (Wildman–Crippen MR) is 34.8 cm³/mol. The van der Waals surface area contributed by atoms with Crippen molar-refractivity contribution in [3.8, 4) is 0 Å². The van der Waals surface area contributed by atoms with Crippen LogP contribution in [-0.4, -0.2) is 29.9 Å². The van der Waals surface area contributed by atoms with Crippen LogP contribution in [0.4, 0.5) is 0 Å². The molecule has 1 heterocycles. The molecular formula is C6H12N2O. The zero-order valence-electron chi connectivity index (χ0n) is 5.63. The van der Waals surface area contributed by atoms with Crippen LogP contribution in [-0.2, 0) is 4.79 Å². The minimum absolute atomic E-state index is 0.142. The minimum Gasteiger partial charge on any atom is -0.341 e. The molecule has 1 rings (SSSR count). The summed E-state index contributed by atoms with van der Waals surface area (Å²) >= 11 is 0. The molecule has 0 spiro atoms. The normalized spacial score (nSPS) is 26.9. The molecule has 1 aliphatic rings. The highest BCUT2D eigenvalue weighted by atomic mass is 16.2. The number of likely N-dealkylation sites (tertiary alicyclic amines) is 1. The Labute approximate surface area is 54.8 Å². The van der Waals surface area contributed by atoms with E-state index in [-0.39, 0.29) is 11.9 Å². The van der Waals surface area contributed by atoms with E-state index >= 15 is 0 Å². The second-order valence-electron chi connectivity index (χ2n) is 2.51. The molecule has 1 atom stereocenters. The van der Waals surface area contributed by atoms with Gasteiger partial charge in [0.05, 0.1) is 0 Å². The van der Waals surface area contributed by atoms with Gasteiger partial charge in [-0.1, -0.05) is 0 Å². The Bertz CT molecular complexity index is 124. The van der Waals surface area contributed by atoms with Gasteiger partial charge in [-0.05, 0) is 6.42 Å². The van der Waals surface area contributed by atoms with E-state index in [0.717, 1.165) is 19.5 Å². The number of rotatable bonds is 0. The van der Waals surface area contributed by atoms with Crippen LogP contribution < -0.4 is 5.73 Å². The van der Waals surface area contributed by atoms with E-state index in [4.69, 9.17) is 5.73 Å². The standard InChI is InChI=1S/C6H12N2O/c1-5(9)8-3-2-6(7)4-8/h6H,2-4,7H2,1H3/t6-/m0/s1. The van der Waals surface area contributed by atoms with Gasteiger partial charge in [-0.2, -0.15) is 0 Å². The number of carbonyl (C=O) groups is 1. The van der Waals surface area contributed by atoms with Crippen molar-refractivity contribution in [3.63, 3.8) is 0 Å². The Morgan fingerprint density at radius 3 is 2.67 bits per heavy atom. The SMILES string of the molecule is CC(=O)N1CC[C@H](N)C1. The van der Waals surface area contributed by atoms with Crippen LogP contribution in [0.15, 0.2) is 0 Å². The summed E-state index contributed by atoms with van der Waals surface area (Å²) < 4.78 is 0. The van der Waals surface area contributed by atoms with E-state index in [1.807, 2.05) is 0 Å². The van der Waals surface area contributed by atoms with Crippen LogP contribution >= 0.6 is 0 Å². The number of carbonyl (C=O) groups excluding carboxylic acids is 1. The molecule has 1 aliphatic heterocycles. The molecule has 0 bridgehead atoms. The second kappa shape index (κ2) is 2.35. The largest absolute Gasteiger partial charge is 0.341 e. The Balaban J connectivity index is 2.39.